The Balaban J connectivity index is 1.95. The first-order valence-electron chi connectivity index (χ1n) is 7.99. The number of ether oxygens (including phenoxy) is 3. The lowest BCUT2D eigenvalue weighted by Crippen LogP contribution is -2.17. The maximum Gasteiger partial charge on any atom is 0.265 e. The summed E-state index contributed by atoms with van der Waals surface area (Å²) in [6, 6.07) is 7.79. The number of hydrogen-bond acceptors (Lipinski definition) is 6. The van der Waals surface area contributed by atoms with E-state index >= 15 is 0 Å². The van der Waals surface area contributed by atoms with Gasteiger partial charge in [0.1, 0.15) is 5.82 Å². The molecule has 0 unspecified atom stereocenters. The number of carbonyl (C=O) groups is 1. The van der Waals surface area contributed by atoms with Crippen LogP contribution in [-0.2, 0) is 9.63 Å². The van der Waals surface area contributed by atoms with Gasteiger partial charge >= 0.3 is 0 Å². The van der Waals surface area contributed by atoms with Crippen molar-refractivity contribution in [2.45, 2.75) is 6.92 Å². The zero-order valence-corrected chi connectivity index (χ0v) is 15.5. The van der Waals surface area contributed by atoms with E-state index in [1.54, 1.807) is 31.2 Å². The number of benzene rings is 2. The van der Waals surface area contributed by atoms with E-state index in [1.807, 2.05) is 0 Å². The second-order valence-corrected chi connectivity index (χ2v) is 5.48. The predicted octanol–water partition coefficient (Wildman–Crippen LogP) is 3.15. The minimum Gasteiger partial charge on any atom is -0.493 e. The summed E-state index contributed by atoms with van der Waals surface area (Å²) in [6.07, 6.45) is 1.41. The third-order valence-corrected chi connectivity index (χ3v) is 3.61. The van der Waals surface area contributed by atoms with Gasteiger partial charge in [-0.15, -0.1) is 0 Å². The summed E-state index contributed by atoms with van der Waals surface area (Å²) in [6.45, 7) is 1.32. The van der Waals surface area contributed by atoms with Gasteiger partial charge in [0.05, 0.1) is 27.5 Å². The Morgan fingerprint density at radius 2 is 1.78 bits per heavy atom. The van der Waals surface area contributed by atoms with Gasteiger partial charge < -0.3 is 24.4 Å². The molecule has 0 aromatic heterocycles. The minimum atomic E-state index is -0.458. The Kier molecular flexibility index (Phi) is 6.99. The van der Waals surface area contributed by atoms with Gasteiger partial charge in [0, 0.05) is 11.3 Å². The Morgan fingerprint density at radius 1 is 1.11 bits per heavy atom. The number of nitrogens with zero attached hydrogens (tertiary/aromatic N) is 1. The van der Waals surface area contributed by atoms with Gasteiger partial charge in [-0.25, -0.2) is 4.39 Å². The van der Waals surface area contributed by atoms with Crippen LogP contribution >= 0.6 is 0 Å². The molecule has 0 bridgehead atoms. The number of anilines is 1. The summed E-state index contributed by atoms with van der Waals surface area (Å²) in [4.78, 5) is 16.8. The van der Waals surface area contributed by atoms with Crippen molar-refractivity contribution in [2.24, 2.45) is 5.16 Å². The number of carbonyl (C=O) groups excluding carboxylic acids is 1. The van der Waals surface area contributed by atoms with Crippen molar-refractivity contribution in [2.75, 3.05) is 33.3 Å². The predicted molar refractivity (Wildman–Crippen MR) is 99.4 cm³/mol. The molecule has 1 amide bonds. The molecule has 0 aliphatic carbocycles. The summed E-state index contributed by atoms with van der Waals surface area (Å²) in [5.74, 6) is 0.548. The van der Waals surface area contributed by atoms with Gasteiger partial charge in [0.2, 0.25) is 5.75 Å². The molecule has 144 valence electrons. The molecule has 1 N–H and O–H groups in total. The van der Waals surface area contributed by atoms with Crippen LogP contribution in [0.2, 0.25) is 0 Å². The second kappa shape index (κ2) is 9.42. The molecule has 2 aromatic carbocycles. The number of hydrogen-bond donors (Lipinski definition) is 1. The average molecular weight is 376 g/mol. The first-order chi connectivity index (χ1) is 13.0. The summed E-state index contributed by atoms with van der Waals surface area (Å²) in [7, 11) is 4.52. The maximum atomic E-state index is 13.5. The van der Waals surface area contributed by atoms with E-state index in [9.17, 15) is 9.18 Å². The highest BCUT2D eigenvalue weighted by atomic mass is 19.1. The third kappa shape index (κ3) is 5.34. The molecule has 27 heavy (non-hydrogen) atoms. The molecular weight excluding hydrogens is 355 g/mol. The highest BCUT2D eigenvalue weighted by Crippen LogP contribution is 2.37. The van der Waals surface area contributed by atoms with E-state index in [0.717, 1.165) is 0 Å². The van der Waals surface area contributed by atoms with Crippen molar-refractivity contribution in [1.82, 2.24) is 0 Å². The molecule has 0 aliphatic heterocycles. The Labute approximate surface area is 156 Å². The van der Waals surface area contributed by atoms with Crippen LogP contribution in [0.5, 0.6) is 17.2 Å². The van der Waals surface area contributed by atoms with Gasteiger partial charge in [-0.05, 0) is 36.8 Å². The van der Waals surface area contributed by atoms with Crippen molar-refractivity contribution >= 4 is 17.8 Å². The molecular formula is C19H21FN2O5. The van der Waals surface area contributed by atoms with E-state index in [-0.39, 0.29) is 6.61 Å². The Hall–Kier alpha value is -3.29. The minimum absolute atomic E-state index is 0.323. The van der Waals surface area contributed by atoms with Crippen molar-refractivity contribution in [3.05, 3.63) is 47.3 Å². The molecule has 0 radical (unpaired) electrons. The number of methoxy groups -OCH3 is 3. The van der Waals surface area contributed by atoms with E-state index in [2.05, 4.69) is 10.5 Å². The molecule has 0 atom stereocenters. The number of oxime groups is 1. The Morgan fingerprint density at radius 3 is 2.33 bits per heavy atom. The van der Waals surface area contributed by atoms with Crippen molar-refractivity contribution < 1.29 is 28.2 Å². The first-order valence-corrected chi connectivity index (χ1v) is 7.99. The van der Waals surface area contributed by atoms with Crippen LogP contribution in [-0.4, -0.2) is 40.1 Å². The molecule has 0 spiro atoms. The van der Waals surface area contributed by atoms with Crippen molar-refractivity contribution in [3.8, 4) is 17.2 Å². The fraction of sp³-hybridized carbons (Fsp3) is 0.263. The van der Waals surface area contributed by atoms with Gasteiger partial charge in [0.25, 0.3) is 5.91 Å². The summed E-state index contributed by atoms with van der Waals surface area (Å²) >= 11 is 0. The topological polar surface area (TPSA) is 78.4 Å². The van der Waals surface area contributed by atoms with Crippen LogP contribution in [0.15, 0.2) is 35.5 Å². The average Bonchev–Trinajstić information content (AvgIpc) is 2.67. The van der Waals surface area contributed by atoms with E-state index < -0.39 is 11.7 Å². The van der Waals surface area contributed by atoms with E-state index in [0.29, 0.717) is 34.1 Å². The number of nitrogens with one attached hydrogen (secondary N) is 1. The van der Waals surface area contributed by atoms with Gasteiger partial charge in [-0.2, -0.15) is 0 Å². The van der Waals surface area contributed by atoms with Gasteiger partial charge in [-0.3, -0.25) is 4.79 Å². The van der Waals surface area contributed by atoms with Gasteiger partial charge in [-0.1, -0.05) is 11.2 Å². The first kappa shape index (κ1) is 20.0. The Bertz CT molecular complexity index is 814. The van der Waals surface area contributed by atoms with Crippen LogP contribution in [0.3, 0.4) is 0 Å². The molecule has 0 saturated heterocycles. The SMILES string of the molecule is COc1cc(/C=N\OCC(=O)Nc2ccc(C)c(F)c2)cc(OC)c1OC. The third-order valence-electron chi connectivity index (χ3n) is 3.61. The molecule has 7 nitrogen and oxygen atoms in total. The zero-order chi connectivity index (χ0) is 19.8. The fourth-order valence-corrected chi connectivity index (χ4v) is 2.24. The zero-order valence-electron chi connectivity index (χ0n) is 15.5. The quantitative estimate of drug-likeness (QED) is 0.566. The van der Waals surface area contributed by atoms with Crippen LogP contribution in [0, 0.1) is 12.7 Å². The van der Waals surface area contributed by atoms with Crippen LogP contribution in [0.1, 0.15) is 11.1 Å². The normalized spacial score (nSPS) is 10.6. The van der Waals surface area contributed by atoms with Crippen LogP contribution in [0.4, 0.5) is 10.1 Å². The smallest absolute Gasteiger partial charge is 0.265 e. The van der Waals surface area contributed by atoms with Crippen molar-refractivity contribution in [3.63, 3.8) is 0 Å². The number of halogens is 1. The molecule has 8 heteroatoms. The summed E-state index contributed by atoms with van der Waals surface area (Å²) in [5.41, 5.74) is 1.48. The summed E-state index contributed by atoms with van der Waals surface area (Å²) < 4.78 is 29.2. The monoisotopic (exact) mass is 376 g/mol. The molecule has 0 fully saturated rings. The van der Waals surface area contributed by atoms with Crippen LogP contribution in [0.25, 0.3) is 0 Å². The number of amides is 1. The fourth-order valence-electron chi connectivity index (χ4n) is 2.24. The highest BCUT2D eigenvalue weighted by molar-refractivity contribution is 5.91. The lowest BCUT2D eigenvalue weighted by Gasteiger charge is -2.12. The second-order valence-electron chi connectivity index (χ2n) is 5.48. The molecule has 0 heterocycles. The van der Waals surface area contributed by atoms with E-state index in [1.165, 1.54) is 33.6 Å². The number of rotatable bonds is 8. The standard InChI is InChI=1S/C19H21FN2O5/c1-12-5-6-14(9-15(12)20)22-18(23)11-27-21-10-13-7-16(24-2)19(26-4)17(8-13)25-3/h5-10H,11H2,1-4H3,(H,22,23)/b21-10-. The van der Waals surface area contributed by atoms with Crippen LogP contribution < -0.4 is 19.5 Å². The largest absolute Gasteiger partial charge is 0.493 e. The maximum absolute atomic E-state index is 13.5. The highest BCUT2D eigenvalue weighted by Gasteiger charge is 2.12. The lowest BCUT2D eigenvalue weighted by molar-refractivity contribution is -0.120. The number of aryl methyl sites for hydroxylation is 1. The molecule has 2 rings (SSSR count). The molecule has 2 aromatic rings. The van der Waals surface area contributed by atoms with Crippen molar-refractivity contribution in [1.29, 1.82) is 0 Å². The van der Waals surface area contributed by atoms with Gasteiger partial charge in [0.15, 0.2) is 18.1 Å². The molecule has 0 saturated carbocycles. The summed E-state index contributed by atoms with van der Waals surface area (Å²) in [5, 5.41) is 6.28. The van der Waals surface area contributed by atoms with E-state index in [4.69, 9.17) is 19.0 Å². The lowest BCUT2D eigenvalue weighted by atomic mass is 10.2. The molecule has 0 aliphatic rings.